The second-order valence-electron chi connectivity index (χ2n) is 6.56. The standard InChI is InChI=1S/C22H24Cl2N2O3S/c1-3-28-11-5-10-26-20-9-7-16(21(27)29-4-2)13-19(20)25-22(26)30-14-15-6-8-17(23)18(24)12-15/h6-9,12-13H,3-5,10-11,14H2,1-2H3. The number of benzene rings is 2. The maximum Gasteiger partial charge on any atom is 0.338 e. The highest BCUT2D eigenvalue weighted by atomic mass is 35.5. The van der Waals surface area contributed by atoms with Gasteiger partial charge in [-0.2, -0.15) is 0 Å². The van der Waals surface area contributed by atoms with Crippen LogP contribution in [0.25, 0.3) is 11.0 Å². The topological polar surface area (TPSA) is 53.4 Å². The average Bonchev–Trinajstić information content (AvgIpc) is 3.09. The van der Waals surface area contributed by atoms with Crippen molar-refractivity contribution in [2.45, 2.75) is 37.7 Å². The SMILES string of the molecule is CCOCCCn1c(SCc2ccc(Cl)c(Cl)c2)nc2cc(C(=O)OCC)ccc21. The number of aryl methyl sites for hydroxylation is 1. The van der Waals surface area contributed by atoms with E-state index in [9.17, 15) is 4.79 Å². The molecule has 8 heteroatoms. The second-order valence-corrected chi connectivity index (χ2v) is 8.31. The van der Waals surface area contributed by atoms with Gasteiger partial charge < -0.3 is 14.0 Å². The van der Waals surface area contributed by atoms with Crippen LogP contribution in [0.5, 0.6) is 0 Å². The smallest absolute Gasteiger partial charge is 0.338 e. The largest absolute Gasteiger partial charge is 0.462 e. The summed E-state index contributed by atoms with van der Waals surface area (Å²) in [5, 5.41) is 1.97. The summed E-state index contributed by atoms with van der Waals surface area (Å²) in [4.78, 5) is 16.9. The maximum absolute atomic E-state index is 12.1. The first kappa shape index (κ1) is 22.9. The van der Waals surface area contributed by atoms with Crippen LogP contribution in [-0.4, -0.2) is 35.3 Å². The number of nitrogens with zero attached hydrogens (tertiary/aromatic N) is 2. The van der Waals surface area contributed by atoms with Crippen molar-refractivity contribution in [2.75, 3.05) is 19.8 Å². The van der Waals surface area contributed by atoms with E-state index in [-0.39, 0.29) is 5.97 Å². The van der Waals surface area contributed by atoms with Gasteiger partial charge in [0.25, 0.3) is 0 Å². The molecule has 3 rings (SSSR count). The van der Waals surface area contributed by atoms with Crippen molar-refractivity contribution in [1.82, 2.24) is 9.55 Å². The number of fused-ring (bicyclic) bond motifs is 1. The molecule has 2 aromatic carbocycles. The molecule has 0 N–H and O–H groups in total. The van der Waals surface area contributed by atoms with Crippen molar-refractivity contribution in [2.24, 2.45) is 0 Å². The Bertz CT molecular complexity index is 1020. The molecule has 5 nitrogen and oxygen atoms in total. The van der Waals surface area contributed by atoms with Gasteiger partial charge in [-0.15, -0.1) is 0 Å². The number of rotatable bonds is 10. The molecule has 0 spiro atoms. The van der Waals surface area contributed by atoms with Gasteiger partial charge in [-0.25, -0.2) is 9.78 Å². The van der Waals surface area contributed by atoms with Crippen molar-refractivity contribution < 1.29 is 14.3 Å². The number of hydrogen-bond acceptors (Lipinski definition) is 5. The van der Waals surface area contributed by atoms with Gasteiger partial charge in [-0.1, -0.05) is 41.0 Å². The Hall–Kier alpha value is -1.73. The number of aromatic nitrogens is 2. The number of hydrogen-bond donors (Lipinski definition) is 0. The molecule has 0 saturated carbocycles. The zero-order valence-corrected chi connectivity index (χ0v) is 19.3. The van der Waals surface area contributed by atoms with Gasteiger partial charge in [-0.3, -0.25) is 0 Å². The predicted molar refractivity (Wildman–Crippen MR) is 123 cm³/mol. The minimum absolute atomic E-state index is 0.338. The molecule has 0 aliphatic carbocycles. The summed E-state index contributed by atoms with van der Waals surface area (Å²) in [6, 6.07) is 11.1. The molecule has 0 amide bonds. The first-order chi connectivity index (χ1) is 14.5. The molecule has 1 aromatic heterocycles. The summed E-state index contributed by atoms with van der Waals surface area (Å²) >= 11 is 13.8. The number of ether oxygens (including phenoxy) is 2. The van der Waals surface area contributed by atoms with E-state index in [1.54, 1.807) is 36.9 Å². The van der Waals surface area contributed by atoms with Crippen molar-refractivity contribution in [3.05, 3.63) is 57.6 Å². The van der Waals surface area contributed by atoms with E-state index in [2.05, 4.69) is 4.57 Å². The van der Waals surface area contributed by atoms with Gasteiger partial charge in [0, 0.05) is 25.5 Å². The van der Waals surface area contributed by atoms with Gasteiger partial charge in [0.1, 0.15) is 0 Å². The van der Waals surface area contributed by atoms with Crippen LogP contribution >= 0.6 is 35.0 Å². The average molecular weight is 467 g/mol. The van der Waals surface area contributed by atoms with E-state index in [1.807, 2.05) is 25.1 Å². The third-order valence-corrected chi connectivity index (χ3v) is 6.24. The molecule has 0 aliphatic rings. The van der Waals surface area contributed by atoms with E-state index >= 15 is 0 Å². The molecule has 0 atom stereocenters. The summed E-state index contributed by atoms with van der Waals surface area (Å²) in [6.45, 7) is 6.29. The monoisotopic (exact) mass is 466 g/mol. The lowest BCUT2D eigenvalue weighted by Gasteiger charge is -2.10. The molecule has 0 aliphatic heterocycles. The third kappa shape index (κ3) is 5.70. The zero-order chi connectivity index (χ0) is 21.5. The van der Waals surface area contributed by atoms with Crippen LogP contribution in [0.3, 0.4) is 0 Å². The Kier molecular flexibility index (Phi) is 8.45. The number of halogens is 2. The number of carbonyl (C=O) groups excluding carboxylic acids is 1. The molecule has 0 fully saturated rings. The van der Waals surface area contributed by atoms with Gasteiger partial charge >= 0.3 is 5.97 Å². The molecule has 0 bridgehead atoms. The number of esters is 1. The number of carbonyl (C=O) groups is 1. The van der Waals surface area contributed by atoms with Crippen LogP contribution in [0.1, 0.15) is 36.2 Å². The van der Waals surface area contributed by atoms with E-state index < -0.39 is 0 Å². The Labute approximate surface area is 190 Å². The molecule has 30 heavy (non-hydrogen) atoms. The van der Waals surface area contributed by atoms with Crippen molar-refractivity contribution >= 4 is 52.0 Å². The van der Waals surface area contributed by atoms with Crippen molar-refractivity contribution in [1.29, 1.82) is 0 Å². The van der Waals surface area contributed by atoms with Crippen LogP contribution in [-0.2, 0) is 21.8 Å². The summed E-state index contributed by atoms with van der Waals surface area (Å²) < 4.78 is 12.8. The van der Waals surface area contributed by atoms with Crippen LogP contribution in [0.2, 0.25) is 10.0 Å². The van der Waals surface area contributed by atoms with E-state index in [4.69, 9.17) is 37.7 Å². The van der Waals surface area contributed by atoms with Crippen LogP contribution < -0.4 is 0 Å². The minimum Gasteiger partial charge on any atom is -0.462 e. The molecule has 160 valence electrons. The highest BCUT2D eigenvalue weighted by Crippen LogP contribution is 2.30. The van der Waals surface area contributed by atoms with Gasteiger partial charge in [-0.05, 0) is 56.2 Å². The van der Waals surface area contributed by atoms with Crippen LogP contribution in [0.15, 0.2) is 41.6 Å². The fourth-order valence-electron chi connectivity index (χ4n) is 3.02. The highest BCUT2D eigenvalue weighted by Gasteiger charge is 2.15. The third-order valence-electron chi connectivity index (χ3n) is 4.45. The molecular weight excluding hydrogens is 443 g/mol. The lowest BCUT2D eigenvalue weighted by molar-refractivity contribution is 0.0526. The molecular formula is C22H24Cl2N2O3S. The van der Waals surface area contributed by atoms with Gasteiger partial charge in [0.2, 0.25) is 0 Å². The fraction of sp³-hybridized carbons (Fsp3) is 0.364. The van der Waals surface area contributed by atoms with Crippen molar-refractivity contribution in [3.63, 3.8) is 0 Å². The molecule has 0 saturated heterocycles. The van der Waals surface area contributed by atoms with Gasteiger partial charge in [0.15, 0.2) is 5.16 Å². The fourth-order valence-corrected chi connectivity index (χ4v) is 4.33. The first-order valence-corrected chi connectivity index (χ1v) is 11.6. The van der Waals surface area contributed by atoms with Crippen molar-refractivity contribution in [3.8, 4) is 0 Å². The first-order valence-electron chi connectivity index (χ1n) is 9.85. The normalized spacial score (nSPS) is 11.2. The predicted octanol–water partition coefficient (Wildman–Crippen LogP) is 6.24. The Balaban J connectivity index is 1.86. The lowest BCUT2D eigenvalue weighted by Crippen LogP contribution is -2.05. The molecule has 1 heterocycles. The molecule has 3 aromatic rings. The Morgan fingerprint density at radius 1 is 1.10 bits per heavy atom. The summed E-state index contributed by atoms with van der Waals surface area (Å²) in [7, 11) is 0. The quantitative estimate of drug-likeness (QED) is 0.201. The summed E-state index contributed by atoms with van der Waals surface area (Å²) in [5.74, 6) is 0.367. The maximum atomic E-state index is 12.1. The van der Waals surface area contributed by atoms with E-state index in [1.165, 1.54) is 0 Å². The van der Waals surface area contributed by atoms with Gasteiger partial charge in [0.05, 0.1) is 33.2 Å². The second kappa shape index (κ2) is 11.0. The lowest BCUT2D eigenvalue weighted by atomic mass is 10.2. The van der Waals surface area contributed by atoms with E-state index in [0.29, 0.717) is 41.2 Å². The Morgan fingerprint density at radius 3 is 2.67 bits per heavy atom. The Morgan fingerprint density at radius 2 is 1.93 bits per heavy atom. The molecule has 0 unspecified atom stereocenters. The highest BCUT2D eigenvalue weighted by molar-refractivity contribution is 7.98. The van der Waals surface area contributed by atoms with E-state index in [0.717, 1.165) is 34.7 Å². The van der Waals surface area contributed by atoms with Crippen LogP contribution in [0.4, 0.5) is 0 Å². The zero-order valence-electron chi connectivity index (χ0n) is 17.0. The molecule has 0 radical (unpaired) electrons. The summed E-state index contributed by atoms with van der Waals surface area (Å²) in [5.41, 5.74) is 3.32. The minimum atomic E-state index is -0.338. The van der Waals surface area contributed by atoms with Crippen LogP contribution in [0, 0.1) is 0 Å². The summed E-state index contributed by atoms with van der Waals surface area (Å²) in [6.07, 6.45) is 0.874. The number of thioether (sulfide) groups is 1. The number of imidazole rings is 1.